The Bertz CT molecular complexity index is 673. The molecule has 0 atom stereocenters. The summed E-state index contributed by atoms with van der Waals surface area (Å²) in [6, 6.07) is 0. The topological polar surface area (TPSA) is 90.1 Å². The Morgan fingerprint density at radius 3 is 2.82 bits per heavy atom. The van der Waals surface area contributed by atoms with E-state index in [0.29, 0.717) is 22.7 Å². The van der Waals surface area contributed by atoms with Crippen molar-refractivity contribution in [2.45, 2.75) is 37.5 Å². The number of oxazole rings is 1. The first-order valence-corrected chi connectivity index (χ1v) is 8.24. The summed E-state index contributed by atoms with van der Waals surface area (Å²) >= 11 is 1.20. The van der Waals surface area contributed by atoms with Crippen LogP contribution in [0.5, 0.6) is 0 Å². The highest BCUT2D eigenvalue weighted by Crippen LogP contribution is 2.40. The van der Waals surface area contributed by atoms with Crippen LogP contribution in [0.2, 0.25) is 0 Å². The van der Waals surface area contributed by atoms with Crippen molar-refractivity contribution < 1.29 is 13.9 Å². The summed E-state index contributed by atoms with van der Waals surface area (Å²) in [6.07, 6.45) is 5.32. The number of rotatable bonds is 4. The van der Waals surface area contributed by atoms with Crippen molar-refractivity contribution >= 4 is 22.6 Å². The number of aromatic nitrogens is 3. The average Bonchev–Trinajstić information content (AvgIpc) is 3.09. The van der Waals surface area contributed by atoms with Crippen LogP contribution in [0.4, 0.5) is 5.13 Å². The molecule has 1 saturated carbocycles. The van der Waals surface area contributed by atoms with E-state index in [1.54, 1.807) is 0 Å². The molecule has 22 heavy (non-hydrogen) atoms. The second-order valence-corrected chi connectivity index (χ2v) is 6.39. The van der Waals surface area contributed by atoms with Crippen molar-refractivity contribution in [2.75, 3.05) is 18.5 Å². The number of anilines is 1. The predicted molar refractivity (Wildman–Crippen MR) is 79.1 cm³/mol. The van der Waals surface area contributed by atoms with E-state index in [4.69, 9.17) is 9.15 Å². The standard InChI is InChI=1S/C14H16N4O3S/c19-13(11-10(8-1-2-8)15-7-21-11)17-14-16-12(18-22-14)9-3-5-20-6-4-9/h7-9H,1-6H2,(H,16,17,18,19). The van der Waals surface area contributed by atoms with Gasteiger partial charge in [0, 0.05) is 36.6 Å². The first-order valence-electron chi connectivity index (χ1n) is 7.47. The number of carbonyl (C=O) groups is 1. The minimum Gasteiger partial charge on any atom is -0.438 e. The first-order chi connectivity index (χ1) is 10.8. The highest BCUT2D eigenvalue weighted by atomic mass is 32.1. The molecule has 0 aromatic carbocycles. The van der Waals surface area contributed by atoms with Gasteiger partial charge in [0.1, 0.15) is 5.82 Å². The van der Waals surface area contributed by atoms with Crippen LogP contribution in [0.15, 0.2) is 10.8 Å². The fraction of sp³-hybridized carbons (Fsp3) is 0.571. The Kier molecular flexibility index (Phi) is 3.63. The van der Waals surface area contributed by atoms with Crippen LogP contribution in [0.25, 0.3) is 0 Å². The van der Waals surface area contributed by atoms with E-state index in [-0.39, 0.29) is 5.91 Å². The van der Waals surface area contributed by atoms with E-state index < -0.39 is 0 Å². The van der Waals surface area contributed by atoms with Crippen molar-refractivity contribution in [1.82, 2.24) is 14.3 Å². The third kappa shape index (κ3) is 2.76. The summed E-state index contributed by atoms with van der Waals surface area (Å²) in [7, 11) is 0. The maximum atomic E-state index is 12.3. The second kappa shape index (κ2) is 5.77. The molecule has 0 bridgehead atoms. The largest absolute Gasteiger partial charge is 0.438 e. The molecule has 2 fully saturated rings. The average molecular weight is 320 g/mol. The number of nitrogens with one attached hydrogen (secondary N) is 1. The van der Waals surface area contributed by atoms with Gasteiger partial charge in [0.25, 0.3) is 5.91 Å². The highest BCUT2D eigenvalue weighted by molar-refractivity contribution is 7.09. The highest BCUT2D eigenvalue weighted by Gasteiger charge is 2.32. The van der Waals surface area contributed by atoms with Gasteiger partial charge in [0.15, 0.2) is 6.39 Å². The number of carbonyl (C=O) groups excluding carboxylic acids is 1. The molecule has 3 heterocycles. The van der Waals surface area contributed by atoms with Gasteiger partial charge in [-0.3, -0.25) is 10.1 Å². The lowest BCUT2D eigenvalue weighted by atomic mass is 10.00. The van der Waals surface area contributed by atoms with Crippen LogP contribution in [-0.2, 0) is 4.74 Å². The van der Waals surface area contributed by atoms with E-state index >= 15 is 0 Å². The number of amides is 1. The number of hydrogen-bond donors (Lipinski definition) is 1. The summed E-state index contributed by atoms with van der Waals surface area (Å²) in [6.45, 7) is 1.49. The minimum atomic E-state index is -0.297. The molecule has 2 aromatic heterocycles. The maximum Gasteiger partial charge on any atom is 0.295 e. The molecule has 2 aromatic rings. The van der Waals surface area contributed by atoms with E-state index in [0.717, 1.165) is 50.4 Å². The fourth-order valence-electron chi connectivity index (χ4n) is 2.63. The smallest absolute Gasteiger partial charge is 0.295 e. The van der Waals surface area contributed by atoms with Crippen molar-refractivity contribution in [3.63, 3.8) is 0 Å². The molecular weight excluding hydrogens is 304 g/mol. The Hall–Kier alpha value is -1.80. The molecule has 7 nitrogen and oxygen atoms in total. The van der Waals surface area contributed by atoms with Crippen molar-refractivity contribution in [2.24, 2.45) is 0 Å². The van der Waals surface area contributed by atoms with E-state index in [9.17, 15) is 4.79 Å². The van der Waals surface area contributed by atoms with Gasteiger partial charge in [-0.2, -0.15) is 4.37 Å². The first kappa shape index (κ1) is 13.8. The maximum absolute atomic E-state index is 12.3. The van der Waals surface area contributed by atoms with E-state index in [1.807, 2.05) is 0 Å². The van der Waals surface area contributed by atoms with Gasteiger partial charge in [-0.15, -0.1) is 0 Å². The van der Waals surface area contributed by atoms with Gasteiger partial charge in [0.05, 0.1) is 5.69 Å². The molecular formula is C14H16N4O3S. The molecule has 0 spiro atoms. The molecule has 4 rings (SSSR count). The van der Waals surface area contributed by atoms with Gasteiger partial charge in [0.2, 0.25) is 10.9 Å². The Morgan fingerprint density at radius 1 is 1.23 bits per heavy atom. The zero-order chi connectivity index (χ0) is 14.9. The number of nitrogens with zero attached hydrogens (tertiary/aromatic N) is 3. The Labute approximate surface area is 131 Å². The third-order valence-corrected chi connectivity index (χ3v) is 4.66. The van der Waals surface area contributed by atoms with Crippen LogP contribution in [0.3, 0.4) is 0 Å². The van der Waals surface area contributed by atoms with Crippen molar-refractivity contribution in [1.29, 1.82) is 0 Å². The fourth-order valence-corrected chi connectivity index (χ4v) is 3.28. The summed E-state index contributed by atoms with van der Waals surface area (Å²) in [5.41, 5.74) is 0.756. The molecule has 2 aliphatic rings. The molecule has 8 heteroatoms. The summed E-state index contributed by atoms with van der Waals surface area (Å²) in [5.74, 6) is 1.48. The molecule has 1 aliphatic carbocycles. The third-order valence-electron chi connectivity index (χ3n) is 4.01. The summed E-state index contributed by atoms with van der Waals surface area (Å²) in [4.78, 5) is 20.9. The molecule has 1 amide bonds. The van der Waals surface area contributed by atoms with E-state index in [2.05, 4.69) is 19.7 Å². The SMILES string of the molecule is O=C(Nc1nc(C2CCOCC2)ns1)c1ocnc1C1CC1. The van der Waals surface area contributed by atoms with Crippen molar-refractivity contribution in [3.05, 3.63) is 23.7 Å². The summed E-state index contributed by atoms with van der Waals surface area (Å²) < 4.78 is 14.9. The second-order valence-electron chi connectivity index (χ2n) is 5.64. The molecule has 1 N–H and O–H groups in total. The summed E-state index contributed by atoms with van der Waals surface area (Å²) in [5, 5.41) is 3.27. The van der Waals surface area contributed by atoms with Gasteiger partial charge in [-0.25, -0.2) is 9.97 Å². The lowest BCUT2D eigenvalue weighted by Crippen LogP contribution is -2.16. The van der Waals surface area contributed by atoms with Crippen molar-refractivity contribution in [3.8, 4) is 0 Å². The van der Waals surface area contributed by atoms with Crippen LogP contribution < -0.4 is 5.32 Å². The normalized spacial score (nSPS) is 19.3. The molecule has 116 valence electrons. The van der Waals surface area contributed by atoms with Crippen LogP contribution in [0, 0.1) is 0 Å². The minimum absolute atomic E-state index is 0.297. The van der Waals surface area contributed by atoms with Gasteiger partial charge < -0.3 is 9.15 Å². The van der Waals surface area contributed by atoms with Crippen LogP contribution >= 0.6 is 11.5 Å². The van der Waals surface area contributed by atoms with Gasteiger partial charge in [-0.05, 0) is 25.7 Å². The zero-order valence-electron chi connectivity index (χ0n) is 11.9. The quantitative estimate of drug-likeness (QED) is 0.931. The zero-order valence-corrected chi connectivity index (χ0v) is 12.8. The Balaban J connectivity index is 1.45. The Morgan fingerprint density at radius 2 is 2.05 bits per heavy atom. The van der Waals surface area contributed by atoms with Gasteiger partial charge in [-0.1, -0.05) is 0 Å². The van der Waals surface area contributed by atoms with E-state index in [1.165, 1.54) is 17.9 Å². The van der Waals surface area contributed by atoms with Crippen LogP contribution in [-0.4, -0.2) is 33.5 Å². The molecule has 0 unspecified atom stereocenters. The monoisotopic (exact) mass is 320 g/mol. The lowest BCUT2D eigenvalue weighted by molar-refractivity contribution is 0.0838. The lowest BCUT2D eigenvalue weighted by Gasteiger charge is -2.18. The predicted octanol–water partition coefficient (Wildman–Crippen LogP) is 2.55. The number of ether oxygens (including phenoxy) is 1. The molecule has 1 saturated heterocycles. The molecule has 1 aliphatic heterocycles. The number of hydrogen-bond acceptors (Lipinski definition) is 7. The van der Waals surface area contributed by atoms with Gasteiger partial charge >= 0.3 is 0 Å². The molecule has 0 radical (unpaired) electrons. The van der Waals surface area contributed by atoms with Crippen LogP contribution in [0.1, 0.15) is 59.6 Å².